The molecule has 1 aromatic carbocycles. The number of thiophene rings is 1. The number of carbonyl (C=O) groups excluding carboxylic acids is 1. The molecule has 1 aromatic heterocycles. The quantitative estimate of drug-likeness (QED) is 0.821. The number of sulfonamides is 1. The van der Waals surface area contributed by atoms with Gasteiger partial charge in [0.25, 0.3) is 0 Å². The Hall–Kier alpha value is -2.06. The maximum absolute atomic E-state index is 12.5. The van der Waals surface area contributed by atoms with Gasteiger partial charge in [-0.1, -0.05) is 24.3 Å². The normalized spacial score (nSPS) is 13.6. The van der Waals surface area contributed by atoms with Crippen LogP contribution in [0.1, 0.15) is 10.4 Å². The Morgan fingerprint density at radius 1 is 1.17 bits per heavy atom. The van der Waals surface area contributed by atoms with Gasteiger partial charge in [-0.3, -0.25) is 4.31 Å². The third kappa shape index (κ3) is 3.88. The van der Waals surface area contributed by atoms with Crippen LogP contribution in [-0.2, 0) is 23.0 Å². The van der Waals surface area contributed by atoms with Crippen molar-refractivity contribution in [2.24, 2.45) is 0 Å². The van der Waals surface area contributed by atoms with Gasteiger partial charge in [0, 0.05) is 18.0 Å². The number of nitrogens with one attached hydrogen (secondary N) is 2. The van der Waals surface area contributed by atoms with E-state index >= 15 is 0 Å². The molecule has 2 N–H and O–H groups in total. The monoisotopic (exact) mass is 365 g/mol. The first-order valence-corrected chi connectivity index (χ1v) is 10.2. The molecule has 0 aliphatic carbocycles. The van der Waals surface area contributed by atoms with E-state index in [1.54, 1.807) is 11.3 Å². The summed E-state index contributed by atoms with van der Waals surface area (Å²) in [5, 5.41) is 7.25. The van der Waals surface area contributed by atoms with Crippen LogP contribution in [0, 0.1) is 0 Å². The molecule has 3 rings (SSSR count). The highest BCUT2D eigenvalue weighted by Gasteiger charge is 2.28. The highest BCUT2D eigenvalue weighted by Crippen LogP contribution is 2.29. The third-order valence-electron chi connectivity index (χ3n) is 3.83. The van der Waals surface area contributed by atoms with E-state index in [0.717, 1.165) is 22.5 Å². The average molecular weight is 365 g/mol. The van der Waals surface area contributed by atoms with Crippen LogP contribution >= 0.6 is 11.3 Å². The molecule has 2 aromatic rings. The van der Waals surface area contributed by atoms with Crippen LogP contribution in [0.3, 0.4) is 0 Å². The zero-order valence-corrected chi connectivity index (χ0v) is 14.7. The minimum atomic E-state index is -3.43. The molecule has 0 bridgehead atoms. The molecule has 6 nitrogen and oxygen atoms in total. The summed E-state index contributed by atoms with van der Waals surface area (Å²) in [6.45, 7) is 0.985. The molecule has 1 aliphatic rings. The summed E-state index contributed by atoms with van der Waals surface area (Å²) in [4.78, 5) is 12.8. The van der Waals surface area contributed by atoms with E-state index in [2.05, 4.69) is 10.6 Å². The number of hydrogen-bond donors (Lipinski definition) is 2. The third-order valence-corrected chi connectivity index (χ3v) is 6.48. The zero-order chi connectivity index (χ0) is 17.0. The van der Waals surface area contributed by atoms with Crippen LogP contribution in [0.2, 0.25) is 0 Å². The van der Waals surface area contributed by atoms with Gasteiger partial charge in [-0.25, -0.2) is 13.2 Å². The van der Waals surface area contributed by atoms with E-state index < -0.39 is 10.0 Å². The van der Waals surface area contributed by atoms with Crippen molar-refractivity contribution < 1.29 is 13.2 Å². The summed E-state index contributed by atoms with van der Waals surface area (Å²) in [6.07, 6.45) is 0.726. The smallest absolute Gasteiger partial charge is 0.315 e. The lowest BCUT2D eigenvalue weighted by atomic mass is 10.2. The first-order chi connectivity index (χ1) is 11.6. The topological polar surface area (TPSA) is 78.5 Å². The number of carbonyl (C=O) groups is 1. The average Bonchev–Trinajstić information content (AvgIpc) is 3.22. The van der Waals surface area contributed by atoms with E-state index in [9.17, 15) is 13.2 Å². The Morgan fingerprint density at radius 3 is 2.79 bits per heavy atom. The molecule has 0 saturated heterocycles. The summed E-state index contributed by atoms with van der Waals surface area (Å²) in [7, 11) is -3.43. The Morgan fingerprint density at radius 2 is 2.00 bits per heavy atom. The van der Waals surface area contributed by atoms with Crippen molar-refractivity contribution in [3.05, 3.63) is 52.2 Å². The number of hydrogen-bond acceptors (Lipinski definition) is 4. The number of para-hydroxylation sites is 1. The van der Waals surface area contributed by atoms with Crippen molar-refractivity contribution in [3.8, 4) is 0 Å². The van der Waals surface area contributed by atoms with Gasteiger partial charge in [0.1, 0.15) is 0 Å². The zero-order valence-electron chi connectivity index (χ0n) is 13.1. The molecular formula is C16H19N3O3S2. The van der Waals surface area contributed by atoms with Crippen molar-refractivity contribution in [2.45, 2.75) is 13.0 Å². The summed E-state index contributed by atoms with van der Waals surface area (Å²) in [5.41, 5.74) is 1.79. The van der Waals surface area contributed by atoms with E-state index in [-0.39, 0.29) is 18.3 Å². The van der Waals surface area contributed by atoms with Crippen molar-refractivity contribution in [1.82, 2.24) is 10.6 Å². The standard InChI is InChI=1S/C16H19N3O3S2/c20-16(18-12-14-5-3-10-23-14)17-8-11-24(21,22)19-9-7-13-4-1-2-6-15(13)19/h1-6,10H,7-9,11-12H2,(H2,17,18,20). The van der Waals surface area contributed by atoms with E-state index in [1.807, 2.05) is 41.8 Å². The summed E-state index contributed by atoms with van der Waals surface area (Å²) < 4.78 is 26.4. The predicted octanol–water partition coefficient (Wildman–Crippen LogP) is 1.94. The lowest BCUT2D eigenvalue weighted by molar-refractivity contribution is 0.241. The SMILES string of the molecule is O=C(NCCS(=O)(=O)N1CCc2ccccc21)NCc1cccs1. The minimum Gasteiger partial charge on any atom is -0.337 e. The highest BCUT2D eigenvalue weighted by molar-refractivity contribution is 7.92. The number of nitrogens with zero attached hydrogens (tertiary/aromatic N) is 1. The molecule has 0 unspecified atom stereocenters. The first-order valence-electron chi connectivity index (χ1n) is 7.69. The Balaban J connectivity index is 1.48. The Kier molecular flexibility index (Phi) is 5.06. The predicted molar refractivity (Wildman–Crippen MR) is 95.8 cm³/mol. The summed E-state index contributed by atoms with van der Waals surface area (Å²) in [5.74, 6) is -0.117. The Bertz CT molecular complexity index is 804. The lowest BCUT2D eigenvalue weighted by Gasteiger charge is -2.19. The van der Waals surface area contributed by atoms with Crippen LogP contribution in [0.15, 0.2) is 41.8 Å². The van der Waals surface area contributed by atoms with Gasteiger partial charge in [-0.15, -0.1) is 11.3 Å². The van der Waals surface area contributed by atoms with Gasteiger partial charge in [0.2, 0.25) is 10.0 Å². The van der Waals surface area contributed by atoms with Gasteiger partial charge >= 0.3 is 6.03 Å². The van der Waals surface area contributed by atoms with Gasteiger partial charge in [0.05, 0.1) is 18.0 Å². The second kappa shape index (κ2) is 7.23. The van der Waals surface area contributed by atoms with Crippen LogP contribution in [-0.4, -0.2) is 33.3 Å². The summed E-state index contributed by atoms with van der Waals surface area (Å²) in [6, 6.07) is 11.0. The second-order valence-electron chi connectivity index (χ2n) is 5.46. The molecule has 2 amide bonds. The molecule has 0 saturated carbocycles. The maximum atomic E-state index is 12.5. The fourth-order valence-electron chi connectivity index (χ4n) is 2.64. The number of fused-ring (bicyclic) bond motifs is 1. The van der Waals surface area contributed by atoms with Gasteiger partial charge in [-0.2, -0.15) is 0 Å². The first kappa shape index (κ1) is 16.8. The molecular weight excluding hydrogens is 346 g/mol. The molecule has 128 valence electrons. The van der Waals surface area contributed by atoms with Crippen LogP contribution in [0.4, 0.5) is 10.5 Å². The van der Waals surface area contributed by atoms with E-state index in [1.165, 1.54) is 4.31 Å². The van der Waals surface area contributed by atoms with Crippen LogP contribution < -0.4 is 14.9 Å². The fourth-order valence-corrected chi connectivity index (χ4v) is 4.72. The summed E-state index contributed by atoms with van der Waals surface area (Å²) >= 11 is 1.56. The number of amides is 2. The number of anilines is 1. The molecule has 2 heterocycles. The van der Waals surface area contributed by atoms with Gasteiger partial charge in [0.15, 0.2) is 0 Å². The molecule has 0 spiro atoms. The van der Waals surface area contributed by atoms with Crippen molar-refractivity contribution in [3.63, 3.8) is 0 Å². The highest BCUT2D eigenvalue weighted by atomic mass is 32.2. The number of urea groups is 1. The van der Waals surface area contributed by atoms with E-state index in [0.29, 0.717) is 13.1 Å². The van der Waals surface area contributed by atoms with Gasteiger partial charge < -0.3 is 10.6 Å². The second-order valence-corrected chi connectivity index (χ2v) is 8.50. The van der Waals surface area contributed by atoms with Crippen molar-refractivity contribution in [2.75, 3.05) is 23.1 Å². The maximum Gasteiger partial charge on any atom is 0.315 e. The van der Waals surface area contributed by atoms with Crippen molar-refractivity contribution in [1.29, 1.82) is 0 Å². The molecule has 0 atom stereocenters. The largest absolute Gasteiger partial charge is 0.337 e. The van der Waals surface area contributed by atoms with Crippen molar-refractivity contribution >= 4 is 33.1 Å². The van der Waals surface area contributed by atoms with Crippen LogP contribution in [0.5, 0.6) is 0 Å². The van der Waals surface area contributed by atoms with Crippen LogP contribution in [0.25, 0.3) is 0 Å². The number of rotatable bonds is 6. The number of benzene rings is 1. The minimum absolute atomic E-state index is 0.0806. The fraction of sp³-hybridized carbons (Fsp3) is 0.312. The molecule has 0 radical (unpaired) electrons. The molecule has 0 fully saturated rings. The molecule has 24 heavy (non-hydrogen) atoms. The molecule has 8 heteroatoms. The Labute approximate surface area is 145 Å². The van der Waals surface area contributed by atoms with E-state index in [4.69, 9.17) is 0 Å². The van der Waals surface area contributed by atoms with Gasteiger partial charge in [-0.05, 0) is 29.5 Å². The molecule has 1 aliphatic heterocycles. The lowest BCUT2D eigenvalue weighted by Crippen LogP contribution is -2.40.